The van der Waals surface area contributed by atoms with Crippen molar-refractivity contribution in [2.75, 3.05) is 26.2 Å². The molecule has 1 saturated carbocycles. The van der Waals surface area contributed by atoms with E-state index in [1.807, 2.05) is 0 Å². The molecule has 2 rings (SSSR count). The monoisotopic (exact) mass is 308 g/mol. The number of nitrogens with zero attached hydrogens (tertiary/aromatic N) is 2. The highest BCUT2D eigenvalue weighted by Crippen LogP contribution is 2.36. The molecule has 2 nitrogen and oxygen atoms in total. The van der Waals surface area contributed by atoms with Gasteiger partial charge in [0.1, 0.15) is 0 Å². The highest BCUT2D eigenvalue weighted by atomic mass is 15.2. The number of rotatable bonds is 7. The Hall–Kier alpha value is -0.0800. The molecule has 2 aliphatic rings. The second-order valence-corrected chi connectivity index (χ2v) is 9.00. The normalized spacial score (nSPS) is 29.3. The molecule has 2 heteroatoms. The molecule has 0 atom stereocenters. The molecule has 2 fully saturated rings. The molecule has 0 amide bonds. The van der Waals surface area contributed by atoms with Gasteiger partial charge in [0.2, 0.25) is 0 Å². The Balaban J connectivity index is 1.74. The summed E-state index contributed by atoms with van der Waals surface area (Å²) >= 11 is 0. The van der Waals surface area contributed by atoms with E-state index in [0.717, 1.165) is 23.9 Å². The molecule has 0 aromatic rings. The van der Waals surface area contributed by atoms with E-state index < -0.39 is 0 Å². The first-order chi connectivity index (χ1) is 10.3. The molecule has 22 heavy (non-hydrogen) atoms. The van der Waals surface area contributed by atoms with Gasteiger partial charge in [-0.15, -0.1) is 0 Å². The predicted molar refractivity (Wildman–Crippen MR) is 97.3 cm³/mol. The van der Waals surface area contributed by atoms with Gasteiger partial charge in [0.05, 0.1) is 0 Å². The van der Waals surface area contributed by atoms with Gasteiger partial charge in [-0.25, -0.2) is 0 Å². The first kappa shape index (κ1) is 18.3. The maximum Gasteiger partial charge on any atom is 0.00953 e. The van der Waals surface area contributed by atoms with Crippen LogP contribution in [-0.2, 0) is 0 Å². The standard InChI is InChI=1S/C20H40N2/c1-7-21(19-10-8-18(9-11-19)16(2)3)13-12-20(6)14-22(15-20)17(4)5/h16-19H,7-15H2,1-6H3. The van der Waals surface area contributed by atoms with Gasteiger partial charge < -0.3 is 4.90 Å². The van der Waals surface area contributed by atoms with Gasteiger partial charge in [0, 0.05) is 25.2 Å². The van der Waals surface area contributed by atoms with Crippen LogP contribution >= 0.6 is 0 Å². The van der Waals surface area contributed by atoms with Gasteiger partial charge in [-0.1, -0.05) is 27.7 Å². The van der Waals surface area contributed by atoms with Crippen LogP contribution in [0.5, 0.6) is 0 Å². The van der Waals surface area contributed by atoms with Crippen LogP contribution in [0.3, 0.4) is 0 Å². The predicted octanol–water partition coefficient (Wildman–Crippen LogP) is 4.64. The molecular weight excluding hydrogens is 268 g/mol. The average Bonchev–Trinajstić information content (AvgIpc) is 2.45. The quantitative estimate of drug-likeness (QED) is 0.676. The molecular formula is C20H40N2. The number of likely N-dealkylation sites (tertiary alicyclic amines) is 1. The second-order valence-electron chi connectivity index (χ2n) is 9.00. The Bertz CT molecular complexity index is 323. The lowest BCUT2D eigenvalue weighted by molar-refractivity contribution is -0.0235. The summed E-state index contributed by atoms with van der Waals surface area (Å²) in [6, 6.07) is 1.59. The van der Waals surface area contributed by atoms with Crippen LogP contribution < -0.4 is 0 Å². The molecule has 0 aromatic carbocycles. The summed E-state index contributed by atoms with van der Waals surface area (Å²) in [7, 11) is 0. The zero-order chi connectivity index (χ0) is 16.3. The first-order valence-corrected chi connectivity index (χ1v) is 9.82. The van der Waals surface area contributed by atoms with Crippen LogP contribution in [0.25, 0.3) is 0 Å². The van der Waals surface area contributed by atoms with E-state index >= 15 is 0 Å². The number of hydrogen-bond acceptors (Lipinski definition) is 2. The van der Waals surface area contributed by atoms with Crippen molar-refractivity contribution in [3.8, 4) is 0 Å². The Morgan fingerprint density at radius 3 is 2.09 bits per heavy atom. The Morgan fingerprint density at radius 1 is 1.05 bits per heavy atom. The van der Waals surface area contributed by atoms with Crippen LogP contribution in [0.15, 0.2) is 0 Å². The van der Waals surface area contributed by atoms with E-state index in [4.69, 9.17) is 0 Å². The summed E-state index contributed by atoms with van der Waals surface area (Å²) in [6.07, 6.45) is 7.17. The topological polar surface area (TPSA) is 6.48 Å². The molecule has 0 N–H and O–H groups in total. The molecule has 1 heterocycles. The van der Waals surface area contributed by atoms with Crippen LogP contribution in [0.2, 0.25) is 0 Å². The van der Waals surface area contributed by atoms with Crippen molar-refractivity contribution in [1.29, 1.82) is 0 Å². The highest BCUT2D eigenvalue weighted by Gasteiger charge is 2.39. The fourth-order valence-electron chi connectivity index (χ4n) is 4.60. The van der Waals surface area contributed by atoms with Crippen molar-refractivity contribution >= 4 is 0 Å². The molecule has 130 valence electrons. The second kappa shape index (κ2) is 7.66. The minimum Gasteiger partial charge on any atom is -0.301 e. The highest BCUT2D eigenvalue weighted by molar-refractivity contribution is 4.93. The van der Waals surface area contributed by atoms with Crippen molar-refractivity contribution in [3.63, 3.8) is 0 Å². The van der Waals surface area contributed by atoms with Crippen molar-refractivity contribution in [1.82, 2.24) is 9.80 Å². The minimum atomic E-state index is 0.576. The third-order valence-corrected chi connectivity index (χ3v) is 6.51. The Labute approximate surface area is 139 Å². The third kappa shape index (κ3) is 4.47. The summed E-state index contributed by atoms with van der Waals surface area (Å²) in [5.41, 5.74) is 0.576. The lowest BCUT2D eigenvalue weighted by Crippen LogP contribution is -2.58. The van der Waals surface area contributed by atoms with Gasteiger partial charge >= 0.3 is 0 Å². The molecule has 0 aromatic heterocycles. The van der Waals surface area contributed by atoms with E-state index in [9.17, 15) is 0 Å². The maximum absolute atomic E-state index is 2.79. The van der Waals surface area contributed by atoms with Gasteiger partial charge in [-0.3, -0.25) is 4.90 Å². The zero-order valence-electron chi connectivity index (χ0n) is 16.1. The molecule has 1 aliphatic heterocycles. The molecule has 1 aliphatic carbocycles. The van der Waals surface area contributed by atoms with Crippen molar-refractivity contribution < 1.29 is 0 Å². The van der Waals surface area contributed by atoms with Crippen LogP contribution in [-0.4, -0.2) is 48.1 Å². The molecule has 0 unspecified atom stereocenters. The lowest BCUT2D eigenvalue weighted by atomic mass is 9.77. The number of hydrogen-bond donors (Lipinski definition) is 0. The van der Waals surface area contributed by atoms with E-state index in [0.29, 0.717) is 5.41 Å². The fourth-order valence-corrected chi connectivity index (χ4v) is 4.60. The Kier molecular flexibility index (Phi) is 6.36. The van der Waals surface area contributed by atoms with Crippen LogP contribution in [0.4, 0.5) is 0 Å². The summed E-state index contributed by atoms with van der Waals surface area (Å²) in [6.45, 7) is 19.5. The van der Waals surface area contributed by atoms with Crippen molar-refractivity contribution in [2.24, 2.45) is 17.3 Å². The van der Waals surface area contributed by atoms with Gasteiger partial charge in [0.25, 0.3) is 0 Å². The maximum atomic E-state index is 2.79. The van der Waals surface area contributed by atoms with Gasteiger partial charge in [0.15, 0.2) is 0 Å². The third-order valence-electron chi connectivity index (χ3n) is 6.51. The van der Waals surface area contributed by atoms with Crippen LogP contribution in [0.1, 0.15) is 73.6 Å². The molecule has 1 saturated heterocycles. The molecule has 0 radical (unpaired) electrons. The van der Waals surface area contributed by atoms with E-state index in [1.165, 1.54) is 58.3 Å². The SMILES string of the molecule is CCN(CCC1(C)CN(C(C)C)C1)C1CCC(C(C)C)CC1. The largest absolute Gasteiger partial charge is 0.301 e. The summed E-state index contributed by atoms with van der Waals surface area (Å²) < 4.78 is 0. The Morgan fingerprint density at radius 2 is 1.64 bits per heavy atom. The minimum absolute atomic E-state index is 0.576. The smallest absolute Gasteiger partial charge is 0.00953 e. The van der Waals surface area contributed by atoms with E-state index in [1.54, 1.807) is 0 Å². The molecule has 0 spiro atoms. The van der Waals surface area contributed by atoms with Gasteiger partial charge in [-0.2, -0.15) is 0 Å². The first-order valence-electron chi connectivity index (χ1n) is 9.82. The van der Waals surface area contributed by atoms with E-state index in [2.05, 4.69) is 51.3 Å². The van der Waals surface area contributed by atoms with E-state index in [-0.39, 0.29) is 0 Å². The van der Waals surface area contributed by atoms with Gasteiger partial charge in [-0.05, 0) is 76.3 Å². The zero-order valence-corrected chi connectivity index (χ0v) is 16.1. The van der Waals surface area contributed by atoms with Crippen molar-refractivity contribution in [2.45, 2.75) is 85.7 Å². The fraction of sp³-hybridized carbons (Fsp3) is 1.00. The lowest BCUT2D eigenvalue weighted by Gasteiger charge is -2.51. The summed E-state index contributed by atoms with van der Waals surface area (Å²) in [5.74, 6) is 1.87. The van der Waals surface area contributed by atoms with Crippen molar-refractivity contribution in [3.05, 3.63) is 0 Å². The van der Waals surface area contributed by atoms with Crippen LogP contribution in [0, 0.1) is 17.3 Å². The molecule has 0 bridgehead atoms. The average molecular weight is 309 g/mol. The summed E-state index contributed by atoms with van der Waals surface area (Å²) in [5, 5.41) is 0. The summed E-state index contributed by atoms with van der Waals surface area (Å²) in [4.78, 5) is 5.41.